The molecule has 1 fully saturated rings. The number of hydrogen-bond donors (Lipinski definition) is 1. The quantitative estimate of drug-likeness (QED) is 0.688. The largest absolute Gasteiger partial charge is 0.481 e. The zero-order chi connectivity index (χ0) is 11.3. The minimum atomic E-state index is -0.786. The van der Waals surface area contributed by atoms with Crippen molar-refractivity contribution in [3.05, 3.63) is 0 Å². The van der Waals surface area contributed by atoms with Crippen LogP contribution in [0.25, 0.3) is 0 Å². The number of Topliss-reactive ketones (excluding diaryl/α,β-unsaturated/α-hetero) is 1. The molecule has 0 aromatic heterocycles. The molecule has 15 heavy (non-hydrogen) atoms. The van der Waals surface area contributed by atoms with Gasteiger partial charge in [-0.2, -0.15) is 0 Å². The van der Waals surface area contributed by atoms with Crippen molar-refractivity contribution < 1.29 is 14.7 Å². The molecule has 0 heterocycles. The van der Waals surface area contributed by atoms with Gasteiger partial charge in [-0.05, 0) is 19.3 Å². The van der Waals surface area contributed by atoms with Crippen LogP contribution in [-0.4, -0.2) is 16.9 Å². The van der Waals surface area contributed by atoms with E-state index < -0.39 is 11.9 Å². The molecule has 0 aromatic carbocycles. The first kappa shape index (κ1) is 12.2. The fourth-order valence-electron chi connectivity index (χ4n) is 2.38. The van der Waals surface area contributed by atoms with Crippen LogP contribution in [0.2, 0.25) is 0 Å². The number of unbranched alkanes of at least 4 members (excludes halogenated alkanes) is 2. The average molecular weight is 212 g/mol. The van der Waals surface area contributed by atoms with Crippen molar-refractivity contribution in [3.63, 3.8) is 0 Å². The molecule has 1 rings (SSSR count). The van der Waals surface area contributed by atoms with E-state index in [0.717, 1.165) is 32.1 Å². The third-order valence-corrected chi connectivity index (χ3v) is 3.27. The fourth-order valence-corrected chi connectivity index (χ4v) is 2.38. The first-order chi connectivity index (χ1) is 7.16. The highest BCUT2D eigenvalue weighted by molar-refractivity contribution is 5.87. The van der Waals surface area contributed by atoms with E-state index in [1.807, 2.05) is 0 Å². The summed E-state index contributed by atoms with van der Waals surface area (Å²) in [6, 6.07) is 0. The van der Waals surface area contributed by atoms with Crippen LogP contribution < -0.4 is 0 Å². The summed E-state index contributed by atoms with van der Waals surface area (Å²) < 4.78 is 0. The van der Waals surface area contributed by atoms with Crippen molar-refractivity contribution in [2.75, 3.05) is 0 Å². The van der Waals surface area contributed by atoms with Gasteiger partial charge in [0.25, 0.3) is 0 Å². The molecule has 1 aliphatic rings. The van der Waals surface area contributed by atoms with E-state index in [1.165, 1.54) is 0 Å². The second kappa shape index (κ2) is 5.89. The van der Waals surface area contributed by atoms with Gasteiger partial charge in [0.05, 0.1) is 5.92 Å². The Morgan fingerprint density at radius 3 is 2.73 bits per heavy atom. The van der Waals surface area contributed by atoms with Crippen molar-refractivity contribution >= 4 is 11.8 Å². The number of carbonyl (C=O) groups is 2. The summed E-state index contributed by atoms with van der Waals surface area (Å²) in [4.78, 5) is 22.6. The molecule has 0 aromatic rings. The van der Waals surface area contributed by atoms with Gasteiger partial charge < -0.3 is 5.11 Å². The van der Waals surface area contributed by atoms with Gasteiger partial charge in [-0.15, -0.1) is 0 Å². The Morgan fingerprint density at radius 1 is 1.53 bits per heavy atom. The summed E-state index contributed by atoms with van der Waals surface area (Å²) >= 11 is 0. The predicted octanol–water partition coefficient (Wildman–Crippen LogP) is 2.64. The van der Waals surface area contributed by atoms with E-state index in [2.05, 4.69) is 6.92 Å². The van der Waals surface area contributed by atoms with Crippen LogP contribution in [0.5, 0.6) is 0 Å². The van der Waals surface area contributed by atoms with Crippen LogP contribution in [0.3, 0.4) is 0 Å². The SMILES string of the molecule is CCCCCC(C(=O)O)C1CCCC1=O. The summed E-state index contributed by atoms with van der Waals surface area (Å²) in [6.07, 6.45) is 5.98. The topological polar surface area (TPSA) is 54.4 Å². The van der Waals surface area contributed by atoms with Crippen molar-refractivity contribution in [2.24, 2.45) is 11.8 Å². The number of rotatable bonds is 6. The number of carboxylic acid groups (broad SMARTS) is 1. The van der Waals surface area contributed by atoms with E-state index >= 15 is 0 Å². The molecule has 3 heteroatoms. The lowest BCUT2D eigenvalue weighted by atomic mass is 9.86. The van der Waals surface area contributed by atoms with E-state index in [0.29, 0.717) is 12.8 Å². The van der Waals surface area contributed by atoms with Crippen LogP contribution in [0, 0.1) is 11.8 Å². The second-order valence-electron chi connectivity index (χ2n) is 4.41. The Balaban J connectivity index is 2.49. The third kappa shape index (κ3) is 3.33. The standard InChI is InChI=1S/C12H20O3/c1-2-3-4-6-10(12(14)15)9-7-5-8-11(9)13/h9-10H,2-8H2,1H3,(H,14,15). The minimum absolute atomic E-state index is 0.166. The van der Waals surface area contributed by atoms with Gasteiger partial charge >= 0.3 is 5.97 Å². The average Bonchev–Trinajstić information content (AvgIpc) is 2.59. The van der Waals surface area contributed by atoms with Crippen molar-refractivity contribution in [3.8, 4) is 0 Å². The highest BCUT2D eigenvalue weighted by atomic mass is 16.4. The minimum Gasteiger partial charge on any atom is -0.481 e. The van der Waals surface area contributed by atoms with Crippen LogP contribution in [-0.2, 0) is 9.59 Å². The number of carboxylic acids is 1. The summed E-state index contributed by atoms with van der Waals surface area (Å²) in [5.41, 5.74) is 0. The zero-order valence-corrected chi connectivity index (χ0v) is 9.37. The molecule has 1 saturated carbocycles. The third-order valence-electron chi connectivity index (χ3n) is 3.27. The molecule has 3 nitrogen and oxygen atoms in total. The fraction of sp³-hybridized carbons (Fsp3) is 0.833. The summed E-state index contributed by atoms with van der Waals surface area (Å²) in [7, 11) is 0. The number of aliphatic carboxylic acids is 1. The highest BCUT2D eigenvalue weighted by Gasteiger charge is 2.35. The normalized spacial score (nSPS) is 23.0. The second-order valence-corrected chi connectivity index (χ2v) is 4.41. The van der Waals surface area contributed by atoms with E-state index in [1.54, 1.807) is 0 Å². The molecular formula is C12H20O3. The molecule has 0 spiro atoms. The first-order valence-corrected chi connectivity index (χ1v) is 5.92. The molecular weight excluding hydrogens is 192 g/mol. The maximum atomic E-state index is 11.5. The molecule has 0 radical (unpaired) electrons. The maximum absolute atomic E-state index is 11.5. The monoisotopic (exact) mass is 212 g/mol. The van der Waals surface area contributed by atoms with E-state index in [4.69, 9.17) is 5.11 Å². The maximum Gasteiger partial charge on any atom is 0.307 e. The van der Waals surface area contributed by atoms with Gasteiger partial charge in [0.15, 0.2) is 0 Å². The smallest absolute Gasteiger partial charge is 0.307 e. The lowest BCUT2D eigenvalue weighted by Crippen LogP contribution is -2.26. The molecule has 0 aliphatic heterocycles. The summed E-state index contributed by atoms with van der Waals surface area (Å²) in [5, 5.41) is 9.10. The number of carbonyl (C=O) groups excluding carboxylic acids is 1. The molecule has 1 aliphatic carbocycles. The summed E-state index contributed by atoms with van der Waals surface area (Å²) in [6.45, 7) is 2.09. The van der Waals surface area contributed by atoms with Crippen LogP contribution >= 0.6 is 0 Å². The Labute approximate surface area is 90.9 Å². The van der Waals surface area contributed by atoms with Crippen molar-refractivity contribution in [1.82, 2.24) is 0 Å². The number of ketones is 1. The predicted molar refractivity (Wildman–Crippen MR) is 57.6 cm³/mol. The summed E-state index contributed by atoms with van der Waals surface area (Å²) in [5.74, 6) is -1.24. The van der Waals surface area contributed by atoms with Gasteiger partial charge in [-0.1, -0.05) is 26.2 Å². The molecule has 86 valence electrons. The molecule has 0 amide bonds. The zero-order valence-electron chi connectivity index (χ0n) is 9.37. The highest BCUT2D eigenvalue weighted by Crippen LogP contribution is 2.31. The Morgan fingerprint density at radius 2 is 2.27 bits per heavy atom. The first-order valence-electron chi connectivity index (χ1n) is 5.92. The number of hydrogen-bond acceptors (Lipinski definition) is 2. The van der Waals surface area contributed by atoms with Gasteiger partial charge in [-0.25, -0.2) is 0 Å². The van der Waals surface area contributed by atoms with Crippen LogP contribution in [0.1, 0.15) is 51.9 Å². The Kier molecular flexibility index (Phi) is 4.79. The van der Waals surface area contributed by atoms with Gasteiger partial charge in [-0.3, -0.25) is 9.59 Å². The van der Waals surface area contributed by atoms with Crippen LogP contribution in [0.15, 0.2) is 0 Å². The molecule has 1 N–H and O–H groups in total. The van der Waals surface area contributed by atoms with E-state index in [9.17, 15) is 9.59 Å². The van der Waals surface area contributed by atoms with Gasteiger partial charge in [0.2, 0.25) is 0 Å². The Bertz CT molecular complexity index is 235. The lowest BCUT2D eigenvalue weighted by Gasteiger charge is -2.17. The van der Waals surface area contributed by atoms with E-state index in [-0.39, 0.29) is 11.7 Å². The molecule has 2 atom stereocenters. The van der Waals surface area contributed by atoms with Gasteiger partial charge in [0.1, 0.15) is 5.78 Å². The van der Waals surface area contributed by atoms with Crippen LogP contribution in [0.4, 0.5) is 0 Å². The van der Waals surface area contributed by atoms with Crippen molar-refractivity contribution in [1.29, 1.82) is 0 Å². The Hall–Kier alpha value is -0.860. The van der Waals surface area contributed by atoms with Crippen molar-refractivity contribution in [2.45, 2.75) is 51.9 Å². The molecule has 2 unspecified atom stereocenters. The molecule has 0 saturated heterocycles. The van der Waals surface area contributed by atoms with Gasteiger partial charge in [0, 0.05) is 12.3 Å². The lowest BCUT2D eigenvalue weighted by molar-refractivity contribution is -0.146. The molecule has 0 bridgehead atoms.